The van der Waals surface area contributed by atoms with Gasteiger partial charge in [0.1, 0.15) is 0 Å². The Morgan fingerprint density at radius 2 is 1.90 bits per heavy atom. The Hall–Kier alpha value is -2.03. The standard InChI is InChI=1S/C20H20BrClN2O4S/c1-13-10-14(21)6-7-16(13)24-18(25)11-23-19(26)12-28-20(27)8-9-29-17-5-3-2-4-15(17)22/h2-7,10H,8-9,11-12H2,1H3,(H,23,26)(H,24,25). The van der Waals surface area contributed by atoms with Crippen molar-refractivity contribution in [1.82, 2.24) is 5.32 Å². The Kier molecular flexibility index (Phi) is 9.50. The zero-order valence-electron chi connectivity index (χ0n) is 15.7. The second-order valence-electron chi connectivity index (χ2n) is 5.97. The molecule has 0 atom stereocenters. The highest BCUT2D eigenvalue weighted by Crippen LogP contribution is 2.26. The molecule has 0 aromatic heterocycles. The highest BCUT2D eigenvalue weighted by molar-refractivity contribution is 9.10. The van der Waals surface area contributed by atoms with Crippen molar-refractivity contribution in [2.45, 2.75) is 18.2 Å². The molecule has 0 radical (unpaired) electrons. The highest BCUT2D eigenvalue weighted by atomic mass is 79.9. The number of anilines is 1. The number of rotatable bonds is 9. The number of carbonyl (C=O) groups excluding carboxylic acids is 3. The number of nitrogens with one attached hydrogen (secondary N) is 2. The molecule has 2 amide bonds. The minimum atomic E-state index is -0.542. The van der Waals surface area contributed by atoms with Crippen molar-refractivity contribution < 1.29 is 19.1 Å². The predicted molar refractivity (Wildman–Crippen MR) is 118 cm³/mol. The molecule has 0 aliphatic carbocycles. The lowest BCUT2D eigenvalue weighted by Gasteiger charge is -2.10. The lowest BCUT2D eigenvalue weighted by atomic mass is 10.2. The van der Waals surface area contributed by atoms with E-state index in [-0.39, 0.29) is 18.9 Å². The summed E-state index contributed by atoms with van der Waals surface area (Å²) >= 11 is 10.8. The van der Waals surface area contributed by atoms with E-state index in [1.54, 1.807) is 12.1 Å². The van der Waals surface area contributed by atoms with Gasteiger partial charge in [0.25, 0.3) is 5.91 Å². The Balaban J connectivity index is 1.62. The van der Waals surface area contributed by atoms with Gasteiger partial charge in [-0.15, -0.1) is 11.8 Å². The molecular formula is C20H20BrClN2O4S. The van der Waals surface area contributed by atoms with Crippen LogP contribution in [0.2, 0.25) is 5.02 Å². The van der Waals surface area contributed by atoms with E-state index in [0.29, 0.717) is 16.5 Å². The fourth-order valence-electron chi connectivity index (χ4n) is 2.22. The molecule has 0 unspecified atom stereocenters. The van der Waals surface area contributed by atoms with Gasteiger partial charge in [0.15, 0.2) is 6.61 Å². The maximum Gasteiger partial charge on any atom is 0.307 e. The minimum absolute atomic E-state index is 0.145. The summed E-state index contributed by atoms with van der Waals surface area (Å²) in [5.74, 6) is -0.917. The molecule has 2 aromatic rings. The normalized spacial score (nSPS) is 10.3. The smallest absolute Gasteiger partial charge is 0.307 e. The summed E-state index contributed by atoms with van der Waals surface area (Å²) in [5.41, 5.74) is 1.55. The number of hydrogen-bond donors (Lipinski definition) is 2. The maximum atomic E-state index is 11.9. The lowest BCUT2D eigenvalue weighted by molar-refractivity contribution is -0.148. The van der Waals surface area contributed by atoms with Crippen molar-refractivity contribution in [1.29, 1.82) is 0 Å². The van der Waals surface area contributed by atoms with Crippen LogP contribution in [0.3, 0.4) is 0 Å². The largest absolute Gasteiger partial charge is 0.456 e. The molecule has 0 aliphatic heterocycles. The first kappa shape index (κ1) is 23.3. The van der Waals surface area contributed by atoms with Gasteiger partial charge in [-0.1, -0.05) is 39.7 Å². The molecule has 0 heterocycles. The average Bonchev–Trinajstić information content (AvgIpc) is 2.68. The molecule has 2 aromatic carbocycles. The molecule has 2 rings (SSSR count). The lowest BCUT2D eigenvalue weighted by Crippen LogP contribution is -2.35. The van der Waals surface area contributed by atoms with Crippen LogP contribution >= 0.6 is 39.3 Å². The van der Waals surface area contributed by atoms with E-state index in [9.17, 15) is 14.4 Å². The third-order valence-electron chi connectivity index (χ3n) is 3.67. The molecule has 0 saturated heterocycles. The summed E-state index contributed by atoms with van der Waals surface area (Å²) in [4.78, 5) is 36.3. The summed E-state index contributed by atoms with van der Waals surface area (Å²) in [6.45, 7) is 1.22. The Morgan fingerprint density at radius 1 is 1.14 bits per heavy atom. The van der Waals surface area contributed by atoms with Crippen LogP contribution in [-0.2, 0) is 19.1 Å². The average molecular weight is 500 g/mol. The van der Waals surface area contributed by atoms with E-state index < -0.39 is 18.5 Å². The summed E-state index contributed by atoms with van der Waals surface area (Å²) < 4.78 is 5.83. The monoisotopic (exact) mass is 498 g/mol. The highest BCUT2D eigenvalue weighted by Gasteiger charge is 2.11. The summed E-state index contributed by atoms with van der Waals surface area (Å²) in [7, 11) is 0. The van der Waals surface area contributed by atoms with Gasteiger partial charge < -0.3 is 15.4 Å². The van der Waals surface area contributed by atoms with Crippen molar-refractivity contribution in [2.75, 3.05) is 24.2 Å². The maximum absolute atomic E-state index is 11.9. The third-order valence-corrected chi connectivity index (χ3v) is 5.68. The Labute approximate surface area is 186 Å². The third kappa shape index (κ3) is 8.47. The van der Waals surface area contributed by atoms with Crippen molar-refractivity contribution >= 4 is 62.8 Å². The summed E-state index contributed by atoms with van der Waals surface area (Å²) in [6.07, 6.45) is 0.145. The van der Waals surface area contributed by atoms with Gasteiger partial charge in [-0.25, -0.2) is 0 Å². The molecule has 29 heavy (non-hydrogen) atoms. The molecule has 0 aliphatic rings. The van der Waals surface area contributed by atoms with Crippen molar-refractivity contribution in [3.05, 3.63) is 57.5 Å². The summed E-state index contributed by atoms with van der Waals surface area (Å²) in [5, 5.41) is 5.75. The van der Waals surface area contributed by atoms with E-state index in [4.69, 9.17) is 16.3 Å². The van der Waals surface area contributed by atoms with Crippen molar-refractivity contribution in [3.63, 3.8) is 0 Å². The van der Waals surface area contributed by atoms with Crippen LogP contribution in [0.25, 0.3) is 0 Å². The quantitative estimate of drug-likeness (QED) is 0.399. The van der Waals surface area contributed by atoms with E-state index in [1.807, 2.05) is 37.3 Å². The van der Waals surface area contributed by atoms with E-state index >= 15 is 0 Å². The Morgan fingerprint density at radius 3 is 2.62 bits per heavy atom. The number of hydrogen-bond acceptors (Lipinski definition) is 5. The van der Waals surface area contributed by atoms with Gasteiger partial charge >= 0.3 is 5.97 Å². The number of halogens is 2. The zero-order chi connectivity index (χ0) is 21.2. The first-order valence-corrected chi connectivity index (χ1v) is 10.9. The molecule has 0 saturated carbocycles. The number of aryl methyl sites for hydroxylation is 1. The molecular weight excluding hydrogens is 480 g/mol. The number of carbonyl (C=O) groups is 3. The second-order valence-corrected chi connectivity index (χ2v) is 8.43. The van der Waals surface area contributed by atoms with Gasteiger partial charge in [0.05, 0.1) is 18.0 Å². The zero-order valence-corrected chi connectivity index (χ0v) is 18.8. The molecule has 154 valence electrons. The molecule has 0 spiro atoms. The summed E-state index contributed by atoms with van der Waals surface area (Å²) in [6, 6.07) is 12.8. The van der Waals surface area contributed by atoms with E-state index in [2.05, 4.69) is 26.6 Å². The minimum Gasteiger partial charge on any atom is -0.456 e. The first-order valence-electron chi connectivity index (χ1n) is 8.71. The van der Waals surface area contributed by atoms with Crippen LogP contribution in [0, 0.1) is 6.92 Å². The van der Waals surface area contributed by atoms with Gasteiger partial charge in [-0.3, -0.25) is 14.4 Å². The van der Waals surface area contributed by atoms with Gasteiger partial charge in [0.2, 0.25) is 5.91 Å². The molecule has 9 heteroatoms. The number of ether oxygens (including phenoxy) is 1. The number of amides is 2. The van der Waals surface area contributed by atoms with E-state index in [0.717, 1.165) is 14.9 Å². The fourth-order valence-corrected chi connectivity index (χ4v) is 3.86. The van der Waals surface area contributed by atoms with Crippen molar-refractivity contribution in [2.24, 2.45) is 0 Å². The van der Waals surface area contributed by atoms with Crippen LogP contribution in [-0.4, -0.2) is 36.7 Å². The van der Waals surface area contributed by atoms with E-state index in [1.165, 1.54) is 11.8 Å². The van der Waals surface area contributed by atoms with Crippen molar-refractivity contribution in [3.8, 4) is 0 Å². The van der Waals surface area contributed by atoms with Gasteiger partial charge in [-0.2, -0.15) is 0 Å². The molecule has 2 N–H and O–H groups in total. The van der Waals surface area contributed by atoms with Crippen LogP contribution in [0.15, 0.2) is 51.8 Å². The molecule has 0 fully saturated rings. The molecule has 0 bridgehead atoms. The predicted octanol–water partition coefficient (Wildman–Crippen LogP) is 4.19. The topological polar surface area (TPSA) is 84.5 Å². The van der Waals surface area contributed by atoms with Crippen LogP contribution in [0.4, 0.5) is 5.69 Å². The second kappa shape index (κ2) is 11.8. The number of esters is 1. The van der Waals surface area contributed by atoms with Crippen LogP contribution in [0.5, 0.6) is 0 Å². The SMILES string of the molecule is Cc1cc(Br)ccc1NC(=O)CNC(=O)COC(=O)CCSc1ccccc1Cl. The van der Waals surface area contributed by atoms with Crippen LogP contribution in [0.1, 0.15) is 12.0 Å². The van der Waals surface area contributed by atoms with Crippen LogP contribution < -0.4 is 10.6 Å². The molecule has 6 nitrogen and oxygen atoms in total. The number of thioether (sulfide) groups is 1. The number of benzene rings is 2. The Bertz CT molecular complexity index is 895. The van der Waals surface area contributed by atoms with Gasteiger partial charge in [-0.05, 0) is 42.8 Å². The fraction of sp³-hybridized carbons (Fsp3) is 0.250. The van der Waals surface area contributed by atoms with Gasteiger partial charge in [0, 0.05) is 20.8 Å². The first-order chi connectivity index (χ1) is 13.8.